The molecule has 1 aliphatic rings. The molecule has 1 aliphatic carbocycles. The molecule has 2 aromatic rings. The lowest BCUT2D eigenvalue weighted by atomic mass is 9.95. The number of aromatic amines is 1. The van der Waals surface area contributed by atoms with Gasteiger partial charge < -0.3 is 21.4 Å². The molecule has 1 fully saturated rings. The van der Waals surface area contributed by atoms with Gasteiger partial charge in [-0.15, -0.1) is 11.3 Å². The van der Waals surface area contributed by atoms with Crippen molar-refractivity contribution in [1.29, 1.82) is 5.41 Å². The molecule has 0 aliphatic heterocycles. The van der Waals surface area contributed by atoms with Crippen molar-refractivity contribution in [3.8, 4) is 0 Å². The Morgan fingerprint density at radius 3 is 2.75 bits per heavy atom. The third-order valence-corrected chi connectivity index (χ3v) is 5.76. The first kappa shape index (κ1) is 16.9. The number of aromatic nitrogens is 1. The van der Waals surface area contributed by atoms with Crippen LogP contribution < -0.4 is 16.6 Å². The van der Waals surface area contributed by atoms with Crippen molar-refractivity contribution in [3.05, 3.63) is 42.9 Å². The van der Waals surface area contributed by atoms with Crippen LogP contribution in [0.15, 0.2) is 26.9 Å². The Bertz CT molecular complexity index is 852. The van der Waals surface area contributed by atoms with Gasteiger partial charge in [-0.3, -0.25) is 9.59 Å². The fourth-order valence-electron chi connectivity index (χ4n) is 2.98. The predicted molar refractivity (Wildman–Crippen MR) is 99.7 cm³/mol. The molecule has 24 heavy (non-hydrogen) atoms. The van der Waals surface area contributed by atoms with Crippen LogP contribution in [0.1, 0.15) is 40.9 Å². The molecule has 5 N–H and O–H groups in total. The Balaban J connectivity index is 1.99. The van der Waals surface area contributed by atoms with Gasteiger partial charge in [-0.2, -0.15) is 0 Å². The van der Waals surface area contributed by atoms with E-state index in [0.717, 1.165) is 25.7 Å². The van der Waals surface area contributed by atoms with E-state index >= 15 is 0 Å². The highest BCUT2D eigenvalue weighted by molar-refractivity contribution is 9.10. The van der Waals surface area contributed by atoms with E-state index in [4.69, 9.17) is 11.1 Å². The van der Waals surface area contributed by atoms with Gasteiger partial charge in [-0.25, -0.2) is 0 Å². The summed E-state index contributed by atoms with van der Waals surface area (Å²) in [6.45, 7) is 0. The zero-order valence-corrected chi connectivity index (χ0v) is 15.2. The summed E-state index contributed by atoms with van der Waals surface area (Å²) in [6.07, 6.45) is 5.74. The molecule has 2 aromatic heterocycles. The number of thiophene rings is 1. The number of amides is 1. The maximum absolute atomic E-state index is 12.3. The van der Waals surface area contributed by atoms with E-state index in [0.29, 0.717) is 32.0 Å². The molecule has 1 amide bonds. The molecule has 0 spiro atoms. The van der Waals surface area contributed by atoms with E-state index in [-0.39, 0.29) is 11.5 Å². The highest BCUT2D eigenvalue weighted by Crippen LogP contribution is 2.33. The monoisotopic (exact) mass is 408 g/mol. The minimum atomic E-state index is -0.505. The Kier molecular flexibility index (Phi) is 4.86. The number of carbonyl (C=O) groups is 1. The summed E-state index contributed by atoms with van der Waals surface area (Å²) in [5, 5.41) is 13.3. The average molecular weight is 409 g/mol. The van der Waals surface area contributed by atoms with Gasteiger partial charge in [-0.05, 0) is 34.8 Å². The number of primary amides is 1. The molecule has 0 radical (unpaired) electrons. The smallest absolute Gasteiger partial charge is 0.272 e. The first-order valence-corrected chi connectivity index (χ1v) is 9.30. The molecule has 0 unspecified atom stereocenters. The summed E-state index contributed by atoms with van der Waals surface area (Å²) >= 11 is 4.66. The quantitative estimate of drug-likeness (QED) is 0.566. The van der Waals surface area contributed by atoms with Crippen molar-refractivity contribution >= 4 is 50.3 Å². The number of pyridine rings is 1. The molecule has 0 aromatic carbocycles. The first-order valence-electron chi connectivity index (χ1n) is 7.62. The topological polar surface area (TPSA) is 112 Å². The number of halogens is 1. The van der Waals surface area contributed by atoms with Gasteiger partial charge in [0.1, 0.15) is 5.69 Å². The molecule has 0 saturated heterocycles. The number of hydrogen-bond donors (Lipinski definition) is 4. The fraction of sp³-hybridized carbons (Fsp3) is 0.312. The third-order valence-electron chi connectivity index (χ3n) is 4.19. The zero-order valence-electron chi connectivity index (χ0n) is 12.8. The summed E-state index contributed by atoms with van der Waals surface area (Å²) in [5.41, 5.74) is 6.94. The molecule has 3 rings (SSSR count). The van der Waals surface area contributed by atoms with E-state index in [1.54, 1.807) is 17.6 Å². The van der Waals surface area contributed by atoms with Crippen LogP contribution in [-0.2, 0) is 0 Å². The first-order chi connectivity index (χ1) is 11.5. The second-order valence-electron chi connectivity index (χ2n) is 5.80. The van der Waals surface area contributed by atoms with Crippen LogP contribution >= 0.6 is 27.3 Å². The highest BCUT2D eigenvalue weighted by atomic mass is 79.9. The molecule has 126 valence electrons. The molecule has 2 heterocycles. The largest absolute Gasteiger partial charge is 0.365 e. The van der Waals surface area contributed by atoms with Crippen molar-refractivity contribution in [2.75, 3.05) is 5.32 Å². The SMILES string of the molecule is N=C(c1c(Br)c[nH]c(=O)c1Nc1csc(C(N)=O)c1)C1CCCC1. The number of nitrogens with one attached hydrogen (secondary N) is 3. The van der Waals surface area contributed by atoms with Crippen molar-refractivity contribution in [3.63, 3.8) is 0 Å². The molecular formula is C16H17BrN4O2S. The second-order valence-corrected chi connectivity index (χ2v) is 7.57. The van der Waals surface area contributed by atoms with E-state index in [2.05, 4.69) is 26.2 Å². The summed E-state index contributed by atoms with van der Waals surface area (Å²) in [5.74, 6) is -0.331. The molecule has 8 heteroatoms. The van der Waals surface area contributed by atoms with Crippen LogP contribution in [0, 0.1) is 11.3 Å². The van der Waals surface area contributed by atoms with Crippen molar-refractivity contribution in [2.24, 2.45) is 11.7 Å². The van der Waals surface area contributed by atoms with Crippen molar-refractivity contribution in [2.45, 2.75) is 25.7 Å². The normalized spacial score (nSPS) is 14.7. The van der Waals surface area contributed by atoms with Gasteiger partial charge in [0.25, 0.3) is 11.5 Å². The maximum Gasteiger partial charge on any atom is 0.272 e. The molecule has 6 nitrogen and oxygen atoms in total. The van der Waals surface area contributed by atoms with Crippen LogP contribution in [0.25, 0.3) is 0 Å². The van der Waals surface area contributed by atoms with Gasteiger partial charge in [-0.1, -0.05) is 12.8 Å². The Labute approximate surface area is 151 Å². The third kappa shape index (κ3) is 3.29. The minimum Gasteiger partial charge on any atom is -0.365 e. The van der Waals surface area contributed by atoms with Gasteiger partial charge >= 0.3 is 0 Å². The number of anilines is 2. The van der Waals surface area contributed by atoms with Gasteiger partial charge in [0.2, 0.25) is 0 Å². The molecule has 0 atom stereocenters. The van der Waals surface area contributed by atoms with E-state index in [1.165, 1.54) is 11.3 Å². The lowest BCUT2D eigenvalue weighted by molar-refractivity contribution is 0.100. The zero-order chi connectivity index (χ0) is 17.3. The summed E-state index contributed by atoms with van der Waals surface area (Å²) < 4.78 is 0.673. The number of rotatable bonds is 5. The summed E-state index contributed by atoms with van der Waals surface area (Å²) in [6, 6.07) is 1.61. The van der Waals surface area contributed by atoms with Gasteiger partial charge in [0.15, 0.2) is 0 Å². The van der Waals surface area contributed by atoms with Crippen LogP contribution in [0.4, 0.5) is 11.4 Å². The number of H-pyrrole nitrogens is 1. The van der Waals surface area contributed by atoms with E-state index in [9.17, 15) is 9.59 Å². The van der Waals surface area contributed by atoms with E-state index in [1.807, 2.05) is 0 Å². The predicted octanol–water partition coefficient (Wildman–Crippen LogP) is 3.60. The van der Waals surface area contributed by atoms with Crippen molar-refractivity contribution in [1.82, 2.24) is 4.98 Å². The van der Waals surface area contributed by atoms with Gasteiger partial charge in [0, 0.05) is 33.2 Å². The van der Waals surface area contributed by atoms with Crippen molar-refractivity contribution < 1.29 is 4.79 Å². The molecule has 0 bridgehead atoms. The fourth-order valence-corrected chi connectivity index (χ4v) is 4.20. The van der Waals surface area contributed by atoms with Crippen LogP contribution in [0.2, 0.25) is 0 Å². The number of nitrogens with two attached hydrogens (primary N) is 1. The van der Waals surface area contributed by atoms with Crippen LogP contribution in [0.3, 0.4) is 0 Å². The Hall–Kier alpha value is -1.93. The second kappa shape index (κ2) is 6.90. The van der Waals surface area contributed by atoms with Crippen LogP contribution in [0.5, 0.6) is 0 Å². The van der Waals surface area contributed by atoms with Crippen LogP contribution in [-0.4, -0.2) is 16.6 Å². The number of carbonyl (C=O) groups excluding carboxylic acids is 1. The molecule has 1 saturated carbocycles. The maximum atomic E-state index is 12.3. The van der Waals surface area contributed by atoms with Gasteiger partial charge in [0.05, 0.1) is 10.6 Å². The average Bonchev–Trinajstić information content (AvgIpc) is 3.22. The highest BCUT2D eigenvalue weighted by Gasteiger charge is 2.25. The lowest BCUT2D eigenvalue weighted by Gasteiger charge is -2.17. The summed E-state index contributed by atoms with van der Waals surface area (Å²) in [7, 11) is 0. The minimum absolute atomic E-state index is 0.173. The number of hydrogen-bond acceptors (Lipinski definition) is 5. The Morgan fingerprint density at radius 1 is 1.42 bits per heavy atom. The summed E-state index contributed by atoms with van der Waals surface area (Å²) in [4.78, 5) is 26.6. The lowest BCUT2D eigenvalue weighted by Crippen LogP contribution is -2.21. The van der Waals surface area contributed by atoms with E-state index < -0.39 is 5.91 Å². The molecular weight excluding hydrogens is 392 g/mol. The Morgan fingerprint density at radius 2 is 2.12 bits per heavy atom. The standard InChI is InChI=1S/C16H17BrN4O2S/c17-10-6-20-16(23)14(12(10)13(18)8-3-1-2-4-8)21-9-5-11(15(19)22)24-7-9/h5-8,18,21H,1-4H2,(H2,19,22)(H,20,23).